The highest BCUT2D eigenvalue weighted by molar-refractivity contribution is 6.42. The molecule has 0 N–H and O–H groups in total. The van der Waals surface area contributed by atoms with Gasteiger partial charge in [-0.05, 0) is 73.5 Å². The molecule has 7 heteroatoms. The van der Waals surface area contributed by atoms with Gasteiger partial charge in [0.2, 0.25) is 5.91 Å². The van der Waals surface area contributed by atoms with Crippen LogP contribution in [0.5, 0.6) is 5.75 Å². The highest BCUT2D eigenvalue weighted by atomic mass is 35.5. The number of rotatable bonds is 7. The minimum Gasteiger partial charge on any atom is -0.427 e. The maximum absolute atomic E-state index is 13.3. The average molecular weight is 530 g/mol. The van der Waals surface area contributed by atoms with Crippen LogP contribution in [0.3, 0.4) is 0 Å². The van der Waals surface area contributed by atoms with Crippen LogP contribution in [0.4, 0.5) is 0 Å². The van der Waals surface area contributed by atoms with E-state index >= 15 is 0 Å². The number of esters is 1. The Morgan fingerprint density at radius 2 is 2.00 bits per heavy atom. The van der Waals surface area contributed by atoms with Crippen molar-refractivity contribution >= 4 is 35.1 Å². The van der Waals surface area contributed by atoms with Gasteiger partial charge in [0.1, 0.15) is 5.75 Å². The third kappa shape index (κ3) is 5.80. The number of likely N-dealkylation sites (N-methyl/N-ethyl adjacent to an activating group) is 1. The number of hydrogen-bond donors (Lipinski definition) is 0. The van der Waals surface area contributed by atoms with E-state index in [1.807, 2.05) is 42.3 Å². The van der Waals surface area contributed by atoms with Gasteiger partial charge in [-0.15, -0.1) is 6.58 Å². The summed E-state index contributed by atoms with van der Waals surface area (Å²) in [7, 11) is 1.92. The van der Waals surface area contributed by atoms with Crippen LogP contribution < -0.4 is 4.74 Å². The number of ether oxygens (including phenoxy) is 1. The first-order chi connectivity index (χ1) is 17.2. The maximum Gasteiger partial charge on any atom is 0.308 e. The van der Waals surface area contributed by atoms with Crippen LogP contribution in [0.1, 0.15) is 43.7 Å². The molecule has 2 aromatic carbocycles. The van der Waals surface area contributed by atoms with Gasteiger partial charge in [0, 0.05) is 38.5 Å². The first kappa shape index (κ1) is 26.7. The summed E-state index contributed by atoms with van der Waals surface area (Å²) in [5, 5.41) is 0.947. The number of nitrogens with zero attached hydrogens (tertiary/aromatic N) is 2. The van der Waals surface area contributed by atoms with Gasteiger partial charge in [-0.2, -0.15) is 0 Å². The zero-order chi connectivity index (χ0) is 25.9. The fraction of sp³-hybridized carbons (Fsp3) is 0.448. The molecule has 0 bridgehead atoms. The molecule has 0 aromatic heterocycles. The highest BCUT2D eigenvalue weighted by Gasteiger charge is 2.49. The number of halogens is 2. The molecular formula is C29H34Cl2N2O3. The summed E-state index contributed by atoms with van der Waals surface area (Å²) in [5.74, 6) is 0.780. The molecule has 1 amide bonds. The number of fused-ring (bicyclic) bond motifs is 1. The number of carbonyl (C=O) groups excluding carboxylic acids is 2. The predicted octanol–water partition coefficient (Wildman–Crippen LogP) is 5.92. The Kier molecular flexibility index (Phi) is 8.44. The lowest BCUT2D eigenvalue weighted by Gasteiger charge is -2.54. The number of hydrogen-bond acceptors (Lipinski definition) is 4. The summed E-state index contributed by atoms with van der Waals surface area (Å²) in [4.78, 5) is 29.3. The quantitative estimate of drug-likeness (QED) is 0.254. The van der Waals surface area contributed by atoms with Crippen LogP contribution in [-0.2, 0) is 21.4 Å². The monoisotopic (exact) mass is 528 g/mol. The van der Waals surface area contributed by atoms with E-state index in [-0.39, 0.29) is 29.8 Å². The van der Waals surface area contributed by atoms with Crippen molar-refractivity contribution in [1.82, 2.24) is 9.80 Å². The largest absolute Gasteiger partial charge is 0.427 e. The second-order valence-electron chi connectivity index (χ2n) is 10.1. The molecule has 2 fully saturated rings. The number of likely N-dealkylation sites (tertiary alicyclic amines) is 1. The van der Waals surface area contributed by atoms with Crippen molar-refractivity contribution in [3.63, 3.8) is 0 Å². The standard InChI is InChI=1S/C29H34Cl2N2O3/c1-4-13-33-14-12-29(22-6-5-7-25(17-22)36-20(2)34)18-24(10-9-23(29)19-33)32(3)28(35)16-21-8-11-26(30)27(31)15-21/h4-8,11,15,17,23-24H,1,9-10,12-14,16,18-19H2,2-3H3. The molecule has 192 valence electrons. The van der Waals surface area contributed by atoms with E-state index in [0.717, 1.165) is 50.9 Å². The van der Waals surface area contributed by atoms with E-state index in [1.165, 1.54) is 12.5 Å². The summed E-state index contributed by atoms with van der Waals surface area (Å²) in [6.07, 6.45) is 6.11. The van der Waals surface area contributed by atoms with Crippen LogP contribution in [0, 0.1) is 5.92 Å². The summed E-state index contributed by atoms with van der Waals surface area (Å²) in [5.41, 5.74) is 1.96. The van der Waals surface area contributed by atoms with Gasteiger partial charge in [0.05, 0.1) is 16.5 Å². The Hall–Kier alpha value is -2.34. The summed E-state index contributed by atoms with van der Waals surface area (Å²) in [6, 6.07) is 13.5. The normalized spacial score (nSPS) is 24.0. The lowest BCUT2D eigenvalue weighted by Crippen LogP contribution is -2.56. The first-order valence-corrected chi connectivity index (χ1v) is 13.3. The number of piperidine rings is 1. The summed E-state index contributed by atoms with van der Waals surface area (Å²) < 4.78 is 5.43. The lowest BCUT2D eigenvalue weighted by molar-refractivity contribution is -0.133. The Balaban J connectivity index is 1.58. The number of benzene rings is 2. The van der Waals surface area contributed by atoms with Crippen LogP contribution in [0.2, 0.25) is 10.0 Å². The van der Waals surface area contributed by atoms with E-state index in [4.69, 9.17) is 27.9 Å². The summed E-state index contributed by atoms with van der Waals surface area (Å²) >= 11 is 12.2. The third-order valence-corrected chi connectivity index (χ3v) is 8.66. The van der Waals surface area contributed by atoms with Crippen LogP contribution in [0.25, 0.3) is 0 Å². The van der Waals surface area contributed by atoms with Crippen molar-refractivity contribution in [2.45, 2.75) is 50.5 Å². The maximum atomic E-state index is 13.3. The van der Waals surface area contributed by atoms with E-state index in [0.29, 0.717) is 21.7 Å². The van der Waals surface area contributed by atoms with E-state index < -0.39 is 0 Å². The fourth-order valence-electron chi connectivity index (χ4n) is 6.06. The van der Waals surface area contributed by atoms with E-state index in [2.05, 4.69) is 17.5 Å². The molecule has 1 aliphatic carbocycles. The lowest BCUT2D eigenvalue weighted by atomic mass is 9.57. The Labute approximate surface area is 224 Å². The molecule has 5 nitrogen and oxygen atoms in total. The topological polar surface area (TPSA) is 49.9 Å². The van der Waals surface area contributed by atoms with Gasteiger partial charge in [-0.1, -0.05) is 47.5 Å². The molecule has 2 aliphatic rings. The molecule has 1 heterocycles. The van der Waals surface area contributed by atoms with Crippen molar-refractivity contribution in [3.05, 3.63) is 76.3 Å². The molecule has 1 saturated heterocycles. The van der Waals surface area contributed by atoms with E-state index in [9.17, 15) is 9.59 Å². The highest BCUT2D eigenvalue weighted by Crippen LogP contribution is 2.50. The third-order valence-electron chi connectivity index (χ3n) is 7.92. The van der Waals surface area contributed by atoms with Crippen molar-refractivity contribution in [3.8, 4) is 5.75 Å². The first-order valence-electron chi connectivity index (χ1n) is 12.5. The molecule has 1 aliphatic heterocycles. The van der Waals surface area contributed by atoms with Crippen LogP contribution >= 0.6 is 23.2 Å². The van der Waals surface area contributed by atoms with Crippen molar-refractivity contribution in [1.29, 1.82) is 0 Å². The van der Waals surface area contributed by atoms with Gasteiger partial charge >= 0.3 is 5.97 Å². The zero-order valence-electron chi connectivity index (χ0n) is 21.0. The minimum absolute atomic E-state index is 0.0738. The molecule has 36 heavy (non-hydrogen) atoms. The SMILES string of the molecule is C=CCN1CCC2(c3cccc(OC(C)=O)c3)CC(N(C)C(=O)Cc3ccc(Cl)c(Cl)c3)CCC2C1. The number of amides is 1. The molecule has 1 saturated carbocycles. The van der Waals surface area contributed by atoms with E-state index in [1.54, 1.807) is 12.1 Å². The van der Waals surface area contributed by atoms with Crippen LogP contribution in [0.15, 0.2) is 55.1 Å². The second-order valence-corrected chi connectivity index (χ2v) is 11.0. The molecule has 0 radical (unpaired) electrons. The zero-order valence-corrected chi connectivity index (χ0v) is 22.5. The van der Waals surface area contributed by atoms with Crippen molar-refractivity contribution in [2.75, 3.05) is 26.7 Å². The smallest absolute Gasteiger partial charge is 0.308 e. The van der Waals surface area contributed by atoms with Crippen molar-refractivity contribution in [2.24, 2.45) is 5.92 Å². The average Bonchev–Trinajstić information content (AvgIpc) is 2.85. The Morgan fingerprint density at radius 1 is 1.19 bits per heavy atom. The molecule has 4 rings (SSSR count). The van der Waals surface area contributed by atoms with Crippen molar-refractivity contribution < 1.29 is 14.3 Å². The van der Waals surface area contributed by atoms with Gasteiger partial charge in [-0.3, -0.25) is 14.5 Å². The Bertz CT molecular complexity index is 1140. The molecule has 3 atom stereocenters. The molecule has 0 spiro atoms. The predicted molar refractivity (Wildman–Crippen MR) is 145 cm³/mol. The number of carbonyl (C=O) groups is 2. The minimum atomic E-state index is -0.323. The van der Waals surface area contributed by atoms with Gasteiger partial charge in [-0.25, -0.2) is 0 Å². The molecular weight excluding hydrogens is 495 g/mol. The van der Waals surface area contributed by atoms with Gasteiger partial charge < -0.3 is 9.64 Å². The fourth-order valence-corrected chi connectivity index (χ4v) is 6.38. The molecule has 3 unspecified atom stereocenters. The Morgan fingerprint density at radius 3 is 2.72 bits per heavy atom. The van der Waals surface area contributed by atoms with Gasteiger partial charge in [0.15, 0.2) is 0 Å². The van der Waals surface area contributed by atoms with Crippen LogP contribution in [-0.4, -0.2) is 54.4 Å². The summed E-state index contributed by atoms with van der Waals surface area (Å²) in [6.45, 7) is 8.19. The second kappa shape index (κ2) is 11.4. The van der Waals surface area contributed by atoms with Gasteiger partial charge in [0.25, 0.3) is 0 Å². The molecule has 2 aromatic rings.